The zero-order valence-corrected chi connectivity index (χ0v) is 20.1. The molecule has 0 atom stereocenters. The quantitative estimate of drug-likeness (QED) is 0.158. The molecule has 0 saturated heterocycles. The Bertz CT molecular complexity index is 1280. The summed E-state index contributed by atoms with van der Waals surface area (Å²) in [4.78, 5) is 33.5. The summed E-state index contributed by atoms with van der Waals surface area (Å²) in [5.41, 5.74) is 6.86. The number of nitrogens with one attached hydrogen (secondary N) is 1. The molecule has 1 amide bonds. The number of fused-ring (bicyclic) bond motifs is 1. The molecule has 10 heteroatoms. The van der Waals surface area contributed by atoms with Gasteiger partial charge in [0.25, 0.3) is 5.56 Å². The second kappa shape index (κ2) is 13.3. The summed E-state index contributed by atoms with van der Waals surface area (Å²) in [7, 11) is 0. The van der Waals surface area contributed by atoms with Gasteiger partial charge < -0.3 is 15.5 Å². The van der Waals surface area contributed by atoms with E-state index in [0.717, 1.165) is 5.57 Å². The van der Waals surface area contributed by atoms with E-state index in [2.05, 4.69) is 21.9 Å². The van der Waals surface area contributed by atoms with Gasteiger partial charge in [-0.2, -0.15) is 4.98 Å². The number of thioether (sulfide) groups is 1. The minimum absolute atomic E-state index is 0.0648. The third-order valence-electron chi connectivity index (χ3n) is 5.15. The molecule has 0 spiro atoms. The minimum Gasteiger partial charge on any atom is -0.436 e. The van der Waals surface area contributed by atoms with Crippen molar-refractivity contribution in [2.45, 2.75) is 43.1 Å². The van der Waals surface area contributed by atoms with Crippen molar-refractivity contribution >= 4 is 28.9 Å². The van der Waals surface area contributed by atoms with E-state index in [4.69, 9.17) is 10.2 Å². The molecule has 0 unspecified atom stereocenters. The predicted octanol–water partition coefficient (Wildman–Crippen LogP) is 4.08. The molecule has 3 rings (SSSR count). The lowest BCUT2D eigenvalue weighted by Gasteiger charge is -2.11. The Morgan fingerprint density at radius 3 is 2.89 bits per heavy atom. The number of hydrogen-bond acceptors (Lipinski definition) is 7. The van der Waals surface area contributed by atoms with Gasteiger partial charge in [-0.3, -0.25) is 14.2 Å². The number of hydrogen-bond donors (Lipinski definition) is 2. The maximum Gasteiger partial charge on any atom is 0.299 e. The number of nitrogens with two attached hydrogens (primary N) is 1. The molecule has 0 fully saturated rings. The highest BCUT2D eigenvalue weighted by Gasteiger charge is 2.16. The van der Waals surface area contributed by atoms with Gasteiger partial charge in [0.05, 0.1) is 0 Å². The minimum atomic E-state index is -0.345. The summed E-state index contributed by atoms with van der Waals surface area (Å²) < 4.78 is 20.7. The number of allylic oxidation sites excluding steroid dienone is 3. The van der Waals surface area contributed by atoms with E-state index >= 15 is 0 Å². The van der Waals surface area contributed by atoms with E-state index in [1.165, 1.54) is 35.0 Å². The number of aromatic nitrogens is 3. The van der Waals surface area contributed by atoms with Crippen molar-refractivity contribution in [2.24, 2.45) is 5.73 Å². The summed E-state index contributed by atoms with van der Waals surface area (Å²) in [6, 6.07) is 6.48. The molecule has 0 bridgehead atoms. The van der Waals surface area contributed by atoms with E-state index in [0.29, 0.717) is 55.2 Å². The summed E-state index contributed by atoms with van der Waals surface area (Å²) >= 11 is 1.26. The summed E-state index contributed by atoms with van der Waals surface area (Å²) in [5, 5.41) is 3.31. The lowest BCUT2D eigenvalue weighted by Crippen LogP contribution is -2.25. The molecule has 8 nitrogen and oxygen atoms in total. The fraction of sp³-hybridized carbons (Fsp3) is 0.280. The standard InChI is InChI=1S/C25H28FN5O3S/c1-2-7-18(11-13-27)12-14-28-21(32)10-5-6-15-31-24(33)22-23(29-17-34-22)30-25(31)35-16-19-8-3-4-9-20(19)26/h2-4,7-9,11,13,17H,1,5-6,10,12,14-16,27H2,(H,28,32)/b13-11-,18-7+. The van der Waals surface area contributed by atoms with Crippen LogP contribution in [0.3, 0.4) is 0 Å². The van der Waals surface area contributed by atoms with Gasteiger partial charge in [-0.05, 0) is 48.7 Å². The molecule has 2 aromatic heterocycles. The van der Waals surface area contributed by atoms with Crippen LogP contribution in [0.5, 0.6) is 0 Å². The van der Waals surface area contributed by atoms with Crippen LogP contribution in [0.15, 0.2) is 81.6 Å². The zero-order valence-electron chi connectivity index (χ0n) is 19.3. The smallest absolute Gasteiger partial charge is 0.299 e. The third kappa shape index (κ3) is 7.41. The van der Waals surface area contributed by atoms with Gasteiger partial charge in [0.2, 0.25) is 17.1 Å². The van der Waals surface area contributed by atoms with Gasteiger partial charge in [0, 0.05) is 25.3 Å². The Morgan fingerprint density at radius 1 is 1.29 bits per heavy atom. The van der Waals surface area contributed by atoms with Crippen LogP contribution in [-0.2, 0) is 17.1 Å². The number of halogens is 1. The van der Waals surface area contributed by atoms with E-state index < -0.39 is 0 Å². The number of carbonyl (C=O) groups excluding carboxylic acids is 1. The second-order valence-electron chi connectivity index (χ2n) is 7.63. The second-order valence-corrected chi connectivity index (χ2v) is 8.57. The molecule has 0 aliphatic carbocycles. The highest BCUT2D eigenvalue weighted by molar-refractivity contribution is 7.98. The lowest BCUT2D eigenvalue weighted by atomic mass is 10.1. The van der Waals surface area contributed by atoms with Crippen molar-refractivity contribution in [2.75, 3.05) is 6.54 Å². The number of amides is 1. The fourth-order valence-electron chi connectivity index (χ4n) is 3.38. The maximum absolute atomic E-state index is 14.0. The molecule has 3 aromatic rings. The van der Waals surface area contributed by atoms with Crippen LogP contribution >= 0.6 is 11.8 Å². The van der Waals surface area contributed by atoms with E-state index in [-0.39, 0.29) is 28.5 Å². The molecule has 3 N–H and O–H groups in total. The van der Waals surface area contributed by atoms with Crippen LogP contribution in [0.4, 0.5) is 4.39 Å². The Kier molecular flexibility index (Phi) is 9.85. The van der Waals surface area contributed by atoms with E-state index in [1.807, 2.05) is 6.08 Å². The largest absolute Gasteiger partial charge is 0.436 e. The number of benzene rings is 1. The monoisotopic (exact) mass is 497 g/mol. The van der Waals surface area contributed by atoms with E-state index in [9.17, 15) is 14.0 Å². The predicted molar refractivity (Wildman–Crippen MR) is 135 cm³/mol. The van der Waals surface area contributed by atoms with Crippen molar-refractivity contribution in [1.82, 2.24) is 19.9 Å². The molecule has 1 aromatic carbocycles. The molecule has 35 heavy (non-hydrogen) atoms. The first kappa shape index (κ1) is 26.0. The first-order valence-corrected chi connectivity index (χ1v) is 12.2. The van der Waals surface area contributed by atoms with E-state index in [1.54, 1.807) is 30.4 Å². The first-order chi connectivity index (χ1) is 17.0. The van der Waals surface area contributed by atoms with Crippen molar-refractivity contribution in [3.8, 4) is 0 Å². The van der Waals surface area contributed by atoms with Crippen molar-refractivity contribution in [1.29, 1.82) is 0 Å². The topological polar surface area (TPSA) is 116 Å². The fourth-order valence-corrected chi connectivity index (χ4v) is 4.38. The Balaban J connectivity index is 1.56. The van der Waals surface area contributed by atoms with Crippen molar-refractivity contribution in [3.05, 3.63) is 89.0 Å². The van der Waals surface area contributed by atoms with Gasteiger partial charge in [-0.15, -0.1) is 0 Å². The van der Waals surface area contributed by atoms with Crippen LogP contribution in [0, 0.1) is 5.82 Å². The molecule has 0 radical (unpaired) electrons. The number of rotatable bonds is 13. The van der Waals surface area contributed by atoms with Crippen LogP contribution in [-0.4, -0.2) is 27.0 Å². The highest BCUT2D eigenvalue weighted by atomic mass is 32.2. The van der Waals surface area contributed by atoms with Crippen LogP contribution in [0.25, 0.3) is 11.2 Å². The molecule has 184 valence electrons. The van der Waals surface area contributed by atoms with Gasteiger partial charge in [0.15, 0.2) is 11.6 Å². The molecule has 2 heterocycles. The number of nitrogens with zero attached hydrogens (tertiary/aromatic N) is 3. The summed E-state index contributed by atoms with van der Waals surface area (Å²) in [5.74, 6) is -0.0643. The molecular weight excluding hydrogens is 469 g/mol. The number of carbonyl (C=O) groups is 1. The van der Waals surface area contributed by atoms with Crippen molar-refractivity contribution in [3.63, 3.8) is 0 Å². The zero-order chi connectivity index (χ0) is 25.0. The summed E-state index contributed by atoms with van der Waals surface area (Å²) in [6.07, 6.45) is 10.1. The number of unbranched alkanes of at least 4 members (excludes halogenated alkanes) is 1. The summed E-state index contributed by atoms with van der Waals surface area (Å²) in [6.45, 7) is 4.50. The van der Waals surface area contributed by atoms with Gasteiger partial charge in [-0.25, -0.2) is 9.37 Å². The van der Waals surface area contributed by atoms with Gasteiger partial charge in [-0.1, -0.05) is 48.7 Å². The Labute approximate surface area is 206 Å². The SMILES string of the molecule is C=C/C=C(\C=C/N)CCNC(=O)CCCCn1c(SCc2ccccc2F)nc2ncoc2c1=O. The Hall–Kier alpha value is -3.66. The van der Waals surface area contributed by atoms with Crippen LogP contribution in [0.2, 0.25) is 0 Å². The molecular formula is C25H28FN5O3S. The molecule has 0 saturated carbocycles. The first-order valence-electron chi connectivity index (χ1n) is 11.2. The Morgan fingerprint density at radius 2 is 2.11 bits per heavy atom. The molecule has 0 aliphatic rings. The van der Waals surface area contributed by atoms with Gasteiger partial charge in [0.1, 0.15) is 5.82 Å². The maximum atomic E-state index is 14.0. The third-order valence-corrected chi connectivity index (χ3v) is 6.17. The van der Waals surface area contributed by atoms with Crippen LogP contribution < -0.4 is 16.6 Å². The average molecular weight is 498 g/mol. The lowest BCUT2D eigenvalue weighted by molar-refractivity contribution is -0.121. The van der Waals surface area contributed by atoms with Crippen LogP contribution in [0.1, 0.15) is 31.2 Å². The van der Waals surface area contributed by atoms with Crippen molar-refractivity contribution < 1.29 is 13.6 Å². The average Bonchev–Trinajstić information content (AvgIpc) is 3.32. The molecule has 0 aliphatic heterocycles. The number of oxazole rings is 1. The highest BCUT2D eigenvalue weighted by Crippen LogP contribution is 2.23. The van der Waals surface area contributed by atoms with Gasteiger partial charge >= 0.3 is 0 Å². The normalized spacial score (nSPS) is 11.9.